The number of nitrogens with two attached hydrogens (primary N) is 1. The van der Waals surface area contributed by atoms with E-state index >= 15 is 0 Å². The van der Waals surface area contributed by atoms with Crippen LogP contribution in [0.15, 0.2) is 30.3 Å². The van der Waals surface area contributed by atoms with Crippen LogP contribution < -0.4 is 10.5 Å². The van der Waals surface area contributed by atoms with Crippen LogP contribution in [0.5, 0.6) is 5.75 Å². The maximum atomic E-state index is 5.63. The Bertz CT molecular complexity index is 474. The summed E-state index contributed by atoms with van der Waals surface area (Å²) in [7, 11) is 1.66. The minimum Gasteiger partial charge on any atom is -0.497 e. The van der Waals surface area contributed by atoms with Gasteiger partial charge in [-0.25, -0.2) is 0 Å². The Morgan fingerprint density at radius 1 is 1.31 bits per heavy atom. The third kappa shape index (κ3) is 2.16. The molecule has 2 N–H and O–H groups in total. The highest BCUT2D eigenvalue weighted by molar-refractivity contribution is 5.31. The Morgan fingerprint density at radius 2 is 2.00 bits per heavy atom. The monoisotopic (exact) mass is 217 g/mol. The zero-order valence-corrected chi connectivity index (χ0v) is 9.47. The molecule has 1 aromatic heterocycles. The Labute approximate surface area is 94.6 Å². The number of anilines is 1. The van der Waals surface area contributed by atoms with E-state index in [9.17, 15) is 0 Å². The van der Waals surface area contributed by atoms with E-state index in [1.165, 1.54) is 5.56 Å². The molecule has 0 amide bonds. The topological polar surface area (TPSA) is 53.1 Å². The summed E-state index contributed by atoms with van der Waals surface area (Å²) < 4.78 is 6.99. The Kier molecular flexibility index (Phi) is 2.81. The lowest BCUT2D eigenvalue weighted by Gasteiger charge is -2.05. The van der Waals surface area contributed by atoms with Crippen LogP contribution >= 0.6 is 0 Å². The number of aromatic nitrogens is 2. The van der Waals surface area contributed by atoms with E-state index in [0.717, 1.165) is 18.0 Å². The van der Waals surface area contributed by atoms with Crippen LogP contribution in [0.1, 0.15) is 11.3 Å². The van der Waals surface area contributed by atoms with Gasteiger partial charge < -0.3 is 10.5 Å². The van der Waals surface area contributed by atoms with Crippen LogP contribution in [0.2, 0.25) is 0 Å². The summed E-state index contributed by atoms with van der Waals surface area (Å²) in [5, 5.41) is 4.21. The second-order valence-corrected chi connectivity index (χ2v) is 3.72. The normalized spacial score (nSPS) is 10.4. The molecule has 0 aliphatic rings. The fourth-order valence-corrected chi connectivity index (χ4v) is 1.60. The van der Waals surface area contributed by atoms with Crippen molar-refractivity contribution >= 4 is 5.82 Å². The molecule has 2 aromatic rings. The third-order valence-electron chi connectivity index (χ3n) is 2.49. The van der Waals surface area contributed by atoms with Crippen LogP contribution in [-0.2, 0) is 6.54 Å². The van der Waals surface area contributed by atoms with Crippen molar-refractivity contribution in [3.8, 4) is 5.75 Å². The molecule has 0 saturated heterocycles. The molecule has 0 aliphatic carbocycles. The molecule has 4 nitrogen and oxygen atoms in total. The number of ether oxygens (including phenoxy) is 1. The molecule has 0 radical (unpaired) electrons. The van der Waals surface area contributed by atoms with Crippen LogP contribution in [0.25, 0.3) is 0 Å². The van der Waals surface area contributed by atoms with Crippen LogP contribution in [0.3, 0.4) is 0 Å². The lowest BCUT2D eigenvalue weighted by Crippen LogP contribution is -2.04. The average molecular weight is 217 g/mol. The number of aryl methyl sites for hydroxylation is 1. The molecule has 2 rings (SSSR count). The molecular weight excluding hydrogens is 202 g/mol. The summed E-state index contributed by atoms with van der Waals surface area (Å²) in [6, 6.07) is 9.80. The minimum atomic E-state index is 0.561. The SMILES string of the molecule is COc1ccc(Cn2nc(N)cc2C)cc1. The number of nitrogen functional groups attached to an aromatic ring is 1. The van der Waals surface area contributed by atoms with Crippen molar-refractivity contribution in [2.75, 3.05) is 12.8 Å². The van der Waals surface area contributed by atoms with Gasteiger partial charge in [-0.05, 0) is 24.6 Å². The van der Waals surface area contributed by atoms with E-state index < -0.39 is 0 Å². The molecule has 0 spiro atoms. The predicted molar refractivity (Wildman–Crippen MR) is 63.5 cm³/mol. The van der Waals surface area contributed by atoms with Crippen molar-refractivity contribution in [1.29, 1.82) is 0 Å². The maximum Gasteiger partial charge on any atom is 0.145 e. The summed E-state index contributed by atoms with van der Waals surface area (Å²) in [5.74, 6) is 1.42. The quantitative estimate of drug-likeness (QED) is 0.853. The highest BCUT2D eigenvalue weighted by atomic mass is 16.5. The lowest BCUT2D eigenvalue weighted by molar-refractivity contribution is 0.414. The summed E-state index contributed by atoms with van der Waals surface area (Å²) in [6.07, 6.45) is 0. The van der Waals surface area contributed by atoms with Gasteiger partial charge >= 0.3 is 0 Å². The first-order chi connectivity index (χ1) is 7.69. The van der Waals surface area contributed by atoms with Crippen molar-refractivity contribution in [1.82, 2.24) is 9.78 Å². The van der Waals surface area contributed by atoms with Crippen molar-refractivity contribution < 1.29 is 4.74 Å². The second-order valence-electron chi connectivity index (χ2n) is 3.72. The molecule has 0 bridgehead atoms. The van der Waals surface area contributed by atoms with E-state index in [1.807, 2.05) is 41.9 Å². The first-order valence-corrected chi connectivity index (χ1v) is 5.12. The molecule has 0 unspecified atom stereocenters. The van der Waals surface area contributed by atoms with Crippen LogP contribution in [0.4, 0.5) is 5.82 Å². The second kappa shape index (κ2) is 4.26. The highest BCUT2D eigenvalue weighted by Gasteiger charge is 2.02. The van der Waals surface area contributed by atoms with Gasteiger partial charge in [0.1, 0.15) is 11.6 Å². The molecule has 1 aromatic carbocycles. The predicted octanol–water partition coefficient (Wildman–Crippen LogP) is 1.83. The van der Waals surface area contributed by atoms with E-state index in [-0.39, 0.29) is 0 Å². The number of hydrogen-bond donors (Lipinski definition) is 1. The summed E-state index contributed by atoms with van der Waals surface area (Å²) in [5.41, 5.74) is 7.86. The van der Waals surface area contributed by atoms with Gasteiger partial charge in [0, 0.05) is 11.8 Å². The van der Waals surface area contributed by atoms with Crippen LogP contribution in [0, 0.1) is 6.92 Å². The Balaban J connectivity index is 2.17. The largest absolute Gasteiger partial charge is 0.497 e. The van der Waals surface area contributed by atoms with E-state index in [2.05, 4.69) is 5.10 Å². The molecule has 16 heavy (non-hydrogen) atoms. The molecule has 0 fully saturated rings. The molecule has 84 valence electrons. The van der Waals surface area contributed by atoms with Gasteiger partial charge in [0.05, 0.1) is 13.7 Å². The van der Waals surface area contributed by atoms with Gasteiger partial charge in [-0.15, -0.1) is 0 Å². The van der Waals surface area contributed by atoms with Gasteiger partial charge in [-0.1, -0.05) is 12.1 Å². The Morgan fingerprint density at radius 3 is 2.50 bits per heavy atom. The standard InChI is InChI=1S/C12H15N3O/c1-9-7-12(13)14-15(9)8-10-3-5-11(16-2)6-4-10/h3-7H,8H2,1-2H3,(H2,13,14). The molecule has 0 atom stereocenters. The van der Waals surface area contributed by atoms with Gasteiger partial charge in [0.2, 0.25) is 0 Å². The maximum absolute atomic E-state index is 5.63. The third-order valence-corrected chi connectivity index (χ3v) is 2.49. The van der Waals surface area contributed by atoms with Crippen molar-refractivity contribution in [3.05, 3.63) is 41.6 Å². The molecular formula is C12H15N3O. The summed E-state index contributed by atoms with van der Waals surface area (Å²) in [4.78, 5) is 0. The zero-order chi connectivity index (χ0) is 11.5. The van der Waals surface area contributed by atoms with E-state index in [0.29, 0.717) is 5.82 Å². The van der Waals surface area contributed by atoms with Crippen molar-refractivity contribution in [3.63, 3.8) is 0 Å². The molecule has 0 aliphatic heterocycles. The number of methoxy groups -OCH3 is 1. The zero-order valence-electron chi connectivity index (χ0n) is 9.47. The highest BCUT2D eigenvalue weighted by Crippen LogP contribution is 2.13. The molecule has 4 heteroatoms. The number of benzene rings is 1. The summed E-state index contributed by atoms with van der Waals surface area (Å²) >= 11 is 0. The van der Waals surface area contributed by atoms with Crippen molar-refractivity contribution in [2.45, 2.75) is 13.5 Å². The smallest absolute Gasteiger partial charge is 0.145 e. The first-order valence-electron chi connectivity index (χ1n) is 5.12. The molecule has 1 heterocycles. The fraction of sp³-hybridized carbons (Fsp3) is 0.250. The van der Waals surface area contributed by atoms with E-state index in [1.54, 1.807) is 7.11 Å². The van der Waals surface area contributed by atoms with Gasteiger partial charge in [0.15, 0.2) is 0 Å². The fourth-order valence-electron chi connectivity index (χ4n) is 1.60. The van der Waals surface area contributed by atoms with E-state index in [4.69, 9.17) is 10.5 Å². The number of nitrogens with zero attached hydrogens (tertiary/aromatic N) is 2. The average Bonchev–Trinajstić information content (AvgIpc) is 2.59. The minimum absolute atomic E-state index is 0.561. The van der Waals surface area contributed by atoms with Crippen LogP contribution in [-0.4, -0.2) is 16.9 Å². The first kappa shape index (κ1) is 10.5. The number of hydrogen-bond acceptors (Lipinski definition) is 3. The Hall–Kier alpha value is -1.97. The van der Waals surface area contributed by atoms with Gasteiger partial charge in [0.25, 0.3) is 0 Å². The van der Waals surface area contributed by atoms with Gasteiger partial charge in [-0.2, -0.15) is 5.10 Å². The number of rotatable bonds is 3. The van der Waals surface area contributed by atoms with Crippen molar-refractivity contribution in [2.24, 2.45) is 0 Å². The summed E-state index contributed by atoms with van der Waals surface area (Å²) in [6.45, 7) is 2.72. The lowest BCUT2D eigenvalue weighted by atomic mass is 10.2. The van der Waals surface area contributed by atoms with Gasteiger partial charge in [-0.3, -0.25) is 4.68 Å². The molecule has 0 saturated carbocycles.